The Bertz CT molecular complexity index is 191. The van der Waals surface area contributed by atoms with Gasteiger partial charge in [-0.05, 0) is 12.8 Å². The van der Waals surface area contributed by atoms with Gasteiger partial charge in [0.15, 0.2) is 6.29 Å². The van der Waals surface area contributed by atoms with Crippen molar-refractivity contribution in [3.8, 4) is 0 Å². The van der Waals surface area contributed by atoms with E-state index in [1.54, 1.807) is 0 Å². The highest BCUT2D eigenvalue weighted by molar-refractivity contribution is 8.19. The summed E-state index contributed by atoms with van der Waals surface area (Å²) in [5.74, 6) is -0.141. The number of hydrogen-bond acceptors (Lipinski definition) is 6. The molecule has 0 heterocycles. The summed E-state index contributed by atoms with van der Waals surface area (Å²) in [5.41, 5.74) is -0.337. The summed E-state index contributed by atoms with van der Waals surface area (Å²) < 4.78 is 31.4. The SMILES string of the molecule is CCC(C)(C)C(OO)OCCCS(O)(O)O. The summed E-state index contributed by atoms with van der Waals surface area (Å²) in [6.45, 7) is 5.88. The van der Waals surface area contributed by atoms with E-state index in [4.69, 9.17) is 23.7 Å². The van der Waals surface area contributed by atoms with Gasteiger partial charge < -0.3 is 18.4 Å². The van der Waals surface area contributed by atoms with Crippen molar-refractivity contribution >= 4 is 10.9 Å². The van der Waals surface area contributed by atoms with Crippen LogP contribution in [0.2, 0.25) is 0 Å². The molecule has 0 saturated heterocycles. The molecular formula is C9H22O6S. The van der Waals surface area contributed by atoms with Gasteiger partial charge in [0.1, 0.15) is 0 Å². The molecule has 0 bridgehead atoms. The summed E-state index contributed by atoms with van der Waals surface area (Å²) in [4.78, 5) is 4.24. The molecule has 0 amide bonds. The fourth-order valence-corrected chi connectivity index (χ4v) is 1.51. The normalized spacial score (nSPS) is 16.2. The third-order valence-corrected chi connectivity index (χ3v) is 3.31. The Morgan fingerprint density at radius 1 is 1.25 bits per heavy atom. The molecule has 0 aliphatic carbocycles. The van der Waals surface area contributed by atoms with Crippen LogP contribution in [0.15, 0.2) is 0 Å². The maximum Gasteiger partial charge on any atom is 0.195 e. The van der Waals surface area contributed by atoms with Crippen LogP contribution in [0.4, 0.5) is 0 Å². The minimum absolute atomic E-state index is 0.141. The van der Waals surface area contributed by atoms with Crippen molar-refractivity contribution in [3.63, 3.8) is 0 Å². The van der Waals surface area contributed by atoms with Gasteiger partial charge in [-0.3, -0.25) is 0 Å². The van der Waals surface area contributed by atoms with Crippen LogP contribution in [0, 0.1) is 5.41 Å². The molecule has 0 saturated carbocycles. The second-order valence-corrected chi connectivity index (χ2v) is 6.01. The zero-order valence-corrected chi connectivity index (χ0v) is 10.7. The first-order valence-electron chi connectivity index (χ1n) is 5.13. The minimum Gasteiger partial charge on any atom is -0.349 e. The van der Waals surface area contributed by atoms with Gasteiger partial charge in [-0.2, -0.15) is 0 Å². The lowest BCUT2D eigenvalue weighted by Gasteiger charge is -2.30. The Hall–Kier alpha value is 0.110. The lowest BCUT2D eigenvalue weighted by atomic mass is 9.89. The molecule has 0 aliphatic heterocycles. The van der Waals surface area contributed by atoms with Crippen LogP contribution in [0.3, 0.4) is 0 Å². The molecule has 7 heteroatoms. The zero-order valence-electron chi connectivity index (χ0n) is 9.92. The number of hydrogen-bond donors (Lipinski definition) is 4. The van der Waals surface area contributed by atoms with E-state index >= 15 is 0 Å². The van der Waals surface area contributed by atoms with Crippen LogP contribution >= 0.6 is 10.9 Å². The van der Waals surface area contributed by atoms with Crippen LogP contribution in [0.25, 0.3) is 0 Å². The maximum absolute atomic E-state index is 8.70. The van der Waals surface area contributed by atoms with E-state index in [9.17, 15) is 0 Å². The highest BCUT2D eigenvalue weighted by atomic mass is 32.3. The minimum atomic E-state index is -3.45. The molecule has 0 aromatic carbocycles. The Morgan fingerprint density at radius 2 is 1.81 bits per heavy atom. The highest BCUT2D eigenvalue weighted by Crippen LogP contribution is 2.33. The molecule has 0 fully saturated rings. The summed E-state index contributed by atoms with van der Waals surface area (Å²) in [6.07, 6.45) is 0.268. The summed E-state index contributed by atoms with van der Waals surface area (Å²) in [7, 11) is -3.45. The van der Waals surface area contributed by atoms with Crippen molar-refractivity contribution in [3.05, 3.63) is 0 Å². The standard InChI is InChI=1S/C9H22O6S/c1-4-9(2,3)8(15-10)14-6-5-7-16(11,12)13/h8,10-13H,4-7H2,1-3H3. The third kappa shape index (κ3) is 6.64. The van der Waals surface area contributed by atoms with Crippen LogP contribution in [0.5, 0.6) is 0 Å². The molecule has 100 valence electrons. The Labute approximate surface area is 97.7 Å². The molecule has 0 aliphatic rings. The van der Waals surface area contributed by atoms with Crippen molar-refractivity contribution in [1.29, 1.82) is 0 Å². The van der Waals surface area contributed by atoms with E-state index in [1.807, 2.05) is 20.8 Å². The average Bonchev–Trinajstić information content (AvgIpc) is 2.16. The van der Waals surface area contributed by atoms with E-state index in [0.29, 0.717) is 0 Å². The van der Waals surface area contributed by atoms with Gasteiger partial charge in [-0.1, -0.05) is 20.8 Å². The molecule has 1 unspecified atom stereocenters. The average molecular weight is 258 g/mol. The maximum atomic E-state index is 8.70. The van der Waals surface area contributed by atoms with Gasteiger partial charge in [0.2, 0.25) is 0 Å². The lowest BCUT2D eigenvalue weighted by Crippen LogP contribution is -2.33. The highest BCUT2D eigenvalue weighted by Gasteiger charge is 2.30. The zero-order chi connectivity index (χ0) is 12.8. The Kier molecular flexibility index (Phi) is 6.80. The fourth-order valence-electron chi connectivity index (χ4n) is 1.01. The van der Waals surface area contributed by atoms with Gasteiger partial charge in [0.05, 0.1) is 17.5 Å². The van der Waals surface area contributed by atoms with Gasteiger partial charge in [0.25, 0.3) is 0 Å². The summed E-state index contributed by atoms with van der Waals surface area (Å²) in [5, 5.41) is 8.68. The Balaban J connectivity index is 3.89. The first-order chi connectivity index (χ1) is 7.23. The van der Waals surface area contributed by atoms with E-state index < -0.39 is 17.2 Å². The fraction of sp³-hybridized carbons (Fsp3) is 1.00. The lowest BCUT2D eigenvalue weighted by molar-refractivity contribution is -0.372. The van der Waals surface area contributed by atoms with E-state index in [-0.39, 0.29) is 24.2 Å². The molecule has 0 aromatic rings. The summed E-state index contributed by atoms with van der Waals surface area (Å²) >= 11 is 0. The third-order valence-electron chi connectivity index (χ3n) is 2.48. The predicted octanol–water partition coefficient (Wildman–Crippen LogP) is 2.87. The molecule has 0 aromatic heterocycles. The van der Waals surface area contributed by atoms with Crippen LogP contribution < -0.4 is 0 Å². The number of ether oxygens (including phenoxy) is 1. The van der Waals surface area contributed by atoms with Crippen molar-refractivity contribution in [2.75, 3.05) is 12.4 Å². The van der Waals surface area contributed by atoms with Gasteiger partial charge in [-0.15, -0.1) is 0 Å². The van der Waals surface area contributed by atoms with E-state index in [2.05, 4.69) is 4.89 Å². The Morgan fingerprint density at radius 3 is 2.19 bits per heavy atom. The van der Waals surface area contributed by atoms with Gasteiger partial charge in [0, 0.05) is 11.2 Å². The molecule has 0 radical (unpaired) electrons. The second-order valence-electron chi connectivity index (χ2n) is 4.34. The molecule has 6 nitrogen and oxygen atoms in total. The van der Waals surface area contributed by atoms with Gasteiger partial charge >= 0.3 is 0 Å². The van der Waals surface area contributed by atoms with Crippen molar-refractivity contribution in [2.24, 2.45) is 5.41 Å². The first-order valence-corrected chi connectivity index (χ1v) is 6.80. The monoisotopic (exact) mass is 258 g/mol. The van der Waals surface area contributed by atoms with Gasteiger partial charge in [-0.25, -0.2) is 10.1 Å². The van der Waals surface area contributed by atoms with Crippen molar-refractivity contribution < 1.29 is 28.5 Å². The molecule has 16 heavy (non-hydrogen) atoms. The summed E-state index contributed by atoms with van der Waals surface area (Å²) in [6, 6.07) is 0. The molecule has 4 N–H and O–H groups in total. The van der Waals surface area contributed by atoms with E-state index in [1.165, 1.54) is 0 Å². The largest absolute Gasteiger partial charge is 0.349 e. The topological polar surface area (TPSA) is 99.4 Å². The smallest absolute Gasteiger partial charge is 0.195 e. The second kappa shape index (κ2) is 6.75. The molecular weight excluding hydrogens is 236 g/mol. The number of rotatable bonds is 8. The molecule has 0 spiro atoms. The predicted molar refractivity (Wildman–Crippen MR) is 62.5 cm³/mol. The van der Waals surface area contributed by atoms with Crippen molar-refractivity contribution in [2.45, 2.75) is 39.9 Å². The van der Waals surface area contributed by atoms with Crippen LogP contribution in [-0.4, -0.2) is 37.6 Å². The van der Waals surface area contributed by atoms with Crippen LogP contribution in [0.1, 0.15) is 33.6 Å². The first kappa shape index (κ1) is 16.1. The van der Waals surface area contributed by atoms with E-state index in [0.717, 1.165) is 6.42 Å². The van der Waals surface area contributed by atoms with Crippen LogP contribution in [-0.2, 0) is 9.62 Å². The molecule has 1 atom stereocenters. The quantitative estimate of drug-likeness (QED) is 0.231. The van der Waals surface area contributed by atoms with Crippen molar-refractivity contribution in [1.82, 2.24) is 0 Å². The molecule has 0 rings (SSSR count).